The number of pyridine rings is 1. The molecule has 0 fully saturated rings. The summed E-state index contributed by atoms with van der Waals surface area (Å²) in [6.45, 7) is 0. The van der Waals surface area contributed by atoms with Crippen molar-refractivity contribution in [1.29, 1.82) is 0 Å². The van der Waals surface area contributed by atoms with Crippen LogP contribution in [0, 0.1) is 5.92 Å². The van der Waals surface area contributed by atoms with Crippen molar-refractivity contribution in [3.8, 4) is 0 Å². The first-order valence-corrected chi connectivity index (χ1v) is 15.0. The van der Waals surface area contributed by atoms with Crippen molar-refractivity contribution in [3.05, 3.63) is 60.8 Å². The van der Waals surface area contributed by atoms with E-state index in [1.165, 1.54) is 89.0 Å². The Hall–Kier alpha value is -2.67. The molecule has 6 nitrogen and oxygen atoms in total. The second-order valence-electron chi connectivity index (χ2n) is 9.73. The van der Waals surface area contributed by atoms with Crippen molar-refractivity contribution in [2.45, 2.75) is 94.8 Å². The predicted octanol–water partition coefficient (Wildman–Crippen LogP) is 7.47. The molecule has 0 unspecified atom stereocenters. The minimum absolute atomic E-state index is 0.0367. The van der Waals surface area contributed by atoms with Crippen LogP contribution in [0.4, 0.5) is 11.5 Å². The molecule has 0 spiro atoms. The van der Waals surface area contributed by atoms with Crippen LogP contribution in [0.5, 0.6) is 0 Å². The lowest BCUT2D eigenvalue weighted by atomic mass is 9.99. The Kier molecular flexibility index (Phi) is 12.0. The van der Waals surface area contributed by atoms with Crippen molar-refractivity contribution >= 4 is 27.4 Å². The Morgan fingerprint density at radius 1 is 0.861 bits per heavy atom. The van der Waals surface area contributed by atoms with Gasteiger partial charge in [0.25, 0.3) is 10.0 Å². The number of carbonyl (C=O) groups excluding carboxylic acids is 1. The Labute approximate surface area is 217 Å². The average molecular weight is 512 g/mol. The van der Waals surface area contributed by atoms with Gasteiger partial charge in [0.15, 0.2) is 0 Å². The molecule has 1 aliphatic carbocycles. The number of amides is 1. The molecular formula is C29H41N3O3S. The van der Waals surface area contributed by atoms with E-state index in [1.807, 2.05) is 0 Å². The maximum atomic E-state index is 12.5. The van der Waals surface area contributed by atoms with Crippen LogP contribution in [0.2, 0.25) is 0 Å². The fourth-order valence-corrected chi connectivity index (χ4v) is 5.61. The molecule has 0 aliphatic heterocycles. The van der Waals surface area contributed by atoms with E-state index in [1.54, 1.807) is 30.3 Å². The molecule has 196 valence electrons. The maximum Gasteiger partial charge on any atom is 0.263 e. The second kappa shape index (κ2) is 15.4. The molecule has 1 aliphatic rings. The number of aromatic nitrogens is 1. The summed E-state index contributed by atoms with van der Waals surface area (Å²) < 4.78 is 27.4. The number of unbranched alkanes of at least 4 members (excludes halogenated alkanes) is 9. The Morgan fingerprint density at radius 2 is 1.53 bits per heavy atom. The van der Waals surface area contributed by atoms with Crippen LogP contribution in [0.25, 0.3) is 0 Å². The van der Waals surface area contributed by atoms with Crippen LogP contribution in [0.3, 0.4) is 0 Å². The van der Waals surface area contributed by atoms with E-state index >= 15 is 0 Å². The van der Waals surface area contributed by atoms with E-state index in [4.69, 9.17) is 0 Å². The average Bonchev–Trinajstić information content (AvgIpc) is 3.39. The summed E-state index contributed by atoms with van der Waals surface area (Å²) in [5.41, 5.74) is 0.594. The van der Waals surface area contributed by atoms with Gasteiger partial charge in [0, 0.05) is 18.3 Å². The molecule has 0 saturated heterocycles. The van der Waals surface area contributed by atoms with Gasteiger partial charge in [-0.1, -0.05) is 76.0 Å². The number of allylic oxidation sites excluding steroid dienone is 2. The van der Waals surface area contributed by atoms with Gasteiger partial charge in [-0.25, -0.2) is 13.4 Å². The maximum absolute atomic E-state index is 12.5. The third kappa shape index (κ3) is 10.5. The zero-order valence-corrected chi connectivity index (χ0v) is 22.1. The molecule has 0 saturated carbocycles. The normalized spacial score (nSPS) is 15.2. The molecule has 1 amide bonds. The lowest BCUT2D eigenvalue weighted by Crippen LogP contribution is -2.14. The number of hydrogen-bond donors (Lipinski definition) is 2. The van der Waals surface area contributed by atoms with E-state index in [9.17, 15) is 13.2 Å². The van der Waals surface area contributed by atoms with Crippen LogP contribution >= 0.6 is 0 Å². The summed E-state index contributed by atoms with van der Waals surface area (Å²) in [5.74, 6) is 1.08. The number of nitrogens with zero attached hydrogens (tertiary/aromatic N) is 1. The number of rotatable bonds is 17. The molecule has 1 aromatic heterocycles. The van der Waals surface area contributed by atoms with E-state index < -0.39 is 10.0 Å². The highest BCUT2D eigenvalue weighted by Crippen LogP contribution is 2.23. The molecular weight excluding hydrogens is 470 g/mol. The molecule has 2 N–H and O–H groups in total. The minimum atomic E-state index is -3.72. The number of anilines is 2. The zero-order valence-electron chi connectivity index (χ0n) is 21.3. The molecule has 7 heteroatoms. The molecule has 1 atom stereocenters. The van der Waals surface area contributed by atoms with Crippen molar-refractivity contribution in [1.82, 2.24) is 4.98 Å². The first kappa shape index (κ1) is 27.9. The zero-order chi connectivity index (χ0) is 25.5. The first-order valence-electron chi connectivity index (χ1n) is 13.5. The fourth-order valence-electron chi connectivity index (χ4n) is 4.60. The summed E-state index contributed by atoms with van der Waals surface area (Å²) in [6, 6.07) is 11.2. The van der Waals surface area contributed by atoms with Crippen molar-refractivity contribution in [2.24, 2.45) is 5.92 Å². The number of carbonyl (C=O) groups is 1. The molecule has 0 bridgehead atoms. The first-order chi connectivity index (χ1) is 17.5. The number of nitrogens with one attached hydrogen (secondary N) is 2. The molecule has 2 aromatic rings. The summed E-state index contributed by atoms with van der Waals surface area (Å²) in [4.78, 5) is 16.3. The summed E-state index contributed by atoms with van der Waals surface area (Å²) in [7, 11) is -3.72. The fraction of sp³-hybridized carbons (Fsp3) is 0.517. The number of benzene rings is 1. The van der Waals surface area contributed by atoms with Gasteiger partial charge in [0.2, 0.25) is 5.91 Å². The van der Waals surface area contributed by atoms with Gasteiger partial charge in [-0.15, -0.1) is 0 Å². The third-order valence-electron chi connectivity index (χ3n) is 6.69. The second-order valence-corrected chi connectivity index (χ2v) is 11.4. The number of sulfonamides is 1. The summed E-state index contributed by atoms with van der Waals surface area (Å²) >= 11 is 0. The van der Waals surface area contributed by atoms with Crippen molar-refractivity contribution < 1.29 is 13.2 Å². The lowest BCUT2D eigenvalue weighted by molar-refractivity contribution is -0.116. The third-order valence-corrected chi connectivity index (χ3v) is 8.06. The highest BCUT2D eigenvalue weighted by Gasteiger charge is 2.15. The molecule has 0 radical (unpaired) electrons. The monoisotopic (exact) mass is 511 g/mol. The summed E-state index contributed by atoms with van der Waals surface area (Å²) in [5, 5.41) is 2.85. The quantitative estimate of drug-likeness (QED) is 0.170. The smallest absolute Gasteiger partial charge is 0.263 e. The summed E-state index contributed by atoms with van der Waals surface area (Å²) in [6.07, 6.45) is 23.2. The van der Waals surface area contributed by atoms with Crippen LogP contribution in [0.15, 0.2) is 65.7 Å². The highest BCUT2D eigenvalue weighted by molar-refractivity contribution is 7.92. The van der Waals surface area contributed by atoms with Gasteiger partial charge in [0.05, 0.1) is 4.90 Å². The van der Waals surface area contributed by atoms with Gasteiger partial charge < -0.3 is 5.32 Å². The van der Waals surface area contributed by atoms with Gasteiger partial charge in [0.1, 0.15) is 5.82 Å². The molecule has 1 aromatic carbocycles. The topological polar surface area (TPSA) is 88.2 Å². The predicted molar refractivity (Wildman–Crippen MR) is 147 cm³/mol. The lowest BCUT2D eigenvalue weighted by Gasteiger charge is -2.09. The van der Waals surface area contributed by atoms with Gasteiger partial charge in [-0.3, -0.25) is 9.52 Å². The SMILES string of the molecule is O=C(CCCCCCCCCCCC[C@@H]1C=CCC1)Nc1ccc(S(=O)(=O)Nc2ccccn2)cc1. The van der Waals surface area contributed by atoms with Gasteiger partial charge in [-0.05, 0) is 68.0 Å². The van der Waals surface area contributed by atoms with E-state index in [-0.39, 0.29) is 16.6 Å². The van der Waals surface area contributed by atoms with E-state index in [0.717, 1.165) is 18.8 Å². The largest absolute Gasteiger partial charge is 0.326 e. The number of hydrogen-bond acceptors (Lipinski definition) is 4. The van der Waals surface area contributed by atoms with E-state index in [2.05, 4.69) is 27.2 Å². The van der Waals surface area contributed by atoms with Crippen LogP contribution in [-0.2, 0) is 14.8 Å². The standard InChI is InChI=1S/C29H41N3O3S/c33-29(19-10-8-6-4-2-1-3-5-7-9-15-25-16-11-12-17-25)31-26-20-22-27(23-21-26)36(34,35)32-28-18-13-14-24-30-28/h11,13-14,16,18,20-25H,1-10,12,15,17,19H2,(H,30,32)(H,31,33)/t25-/m1/s1. The van der Waals surface area contributed by atoms with E-state index in [0.29, 0.717) is 12.1 Å². The van der Waals surface area contributed by atoms with Gasteiger partial charge in [-0.2, -0.15) is 0 Å². The Balaban J connectivity index is 1.19. The molecule has 36 heavy (non-hydrogen) atoms. The van der Waals surface area contributed by atoms with Crippen molar-refractivity contribution in [2.75, 3.05) is 10.0 Å². The Morgan fingerprint density at radius 3 is 2.14 bits per heavy atom. The van der Waals surface area contributed by atoms with Crippen LogP contribution in [0.1, 0.15) is 89.9 Å². The van der Waals surface area contributed by atoms with Crippen molar-refractivity contribution in [3.63, 3.8) is 0 Å². The molecule has 1 heterocycles. The highest BCUT2D eigenvalue weighted by atomic mass is 32.2. The van der Waals surface area contributed by atoms with Gasteiger partial charge >= 0.3 is 0 Å². The van der Waals surface area contributed by atoms with Crippen LogP contribution < -0.4 is 10.0 Å². The minimum Gasteiger partial charge on any atom is -0.326 e. The van der Waals surface area contributed by atoms with Crippen LogP contribution in [-0.4, -0.2) is 19.3 Å². The molecule has 3 rings (SSSR count). The Bertz CT molecular complexity index is 1040.